The Bertz CT molecular complexity index is 162. The van der Waals surface area contributed by atoms with Crippen LogP contribution in [0, 0.1) is 0 Å². The summed E-state index contributed by atoms with van der Waals surface area (Å²) in [6.45, 7) is 8.30. The van der Waals surface area contributed by atoms with E-state index in [1.807, 2.05) is 12.3 Å². The fourth-order valence-electron chi connectivity index (χ4n) is 0.649. The van der Waals surface area contributed by atoms with Crippen LogP contribution in [0.15, 0.2) is 12.3 Å². The molecule has 0 aliphatic rings. The molecule has 0 aromatic rings. The molecule has 0 spiro atoms. The summed E-state index contributed by atoms with van der Waals surface area (Å²) < 4.78 is 0. The van der Waals surface area contributed by atoms with E-state index in [2.05, 4.69) is 38.3 Å². The van der Waals surface area contributed by atoms with E-state index in [1.165, 1.54) is 0 Å². The molecule has 0 fully saturated rings. The average molecular weight is 186 g/mol. The number of thiocarbonyl (C=S) groups is 1. The molecular formula is C9H18N2S. The van der Waals surface area contributed by atoms with Gasteiger partial charge in [0.15, 0.2) is 0 Å². The lowest BCUT2D eigenvalue weighted by atomic mass is 10.4. The second-order valence-corrected chi connectivity index (χ2v) is 3.76. The van der Waals surface area contributed by atoms with E-state index >= 15 is 0 Å². The third kappa shape index (κ3) is 7.54. The monoisotopic (exact) mass is 186 g/mol. The lowest BCUT2D eigenvalue weighted by molar-refractivity contribution is 0.702. The van der Waals surface area contributed by atoms with Crippen LogP contribution in [0.25, 0.3) is 0 Å². The van der Waals surface area contributed by atoms with Crippen LogP contribution < -0.4 is 10.6 Å². The number of rotatable bonds is 4. The molecular weight excluding hydrogens is 168 g/mol. The second kappa shape index (κ2) is 6.00. The van der Waals surface area contributed by atoms with E-state index in [0.29, 0.717) is 12.1 Å². The van der Waals surface area contributed by atoms with Crippen molar-refractivity contribution in [2.45, 2.75) is 39.8 Å². The Hall–Kier alpha value is -0.570. The van der Waals surface area contributed by atoms with Gasteiger partial charge in [0, 0.05) is 12.1 Å². The molecule has 0 heterocycles. The Morgan fingerprint density at radius 2 is 1.75 bits per heavy atom. The first-order valence-corrected chi connectivity index (χ1v) is 4.66. The number of hydrogen-bond acceptors (Lipinski definition) is 2. The molecule has 0 aromatic heterocycles. The van der Waals surface area contributed by atoms with E-state index in [-0.39, 0.29) is 0 Å². The molecule has 70 valence electrons. The van der Waals surface area contributed by atoms with Crippen molar-refractivity contribution in [2.75, 3.05) is 0 Å². The quantitative estimate of drug-likeness (QED) is 0.517. The molecule has 0 aliphatic carbocycles. The Kier molecular flexibility index (Phi) is 5.72. The maximum atomic E-state index is 5.04. The average Bonchev–Trinajstić information content (AvgIpc) is 1.84. The van der Waals surface area contributed by atoms with Crippen LogP contribution in [-0.4, -0.2) is 17.1 Å². The maximum Gasteiger partial charge on any atom is 0.100 e. The van der Waals surface area contributed by atoms with Crippen LogP contribution >= 0.6 is 12.2 Å². The van der Waals surface area contributed by atoms with Gasteiger partial charge in [0.1, 0.15) is 4.99 Å². The van der Waals surface area contributed by atoms with Crippen molar-refractivity contribution in [1.29, 1.82) is 0 Å². The minimum absolute atomic E-state index is 0.404. The molecule has 2 N–H and O–H groups in total. The Morgan fingerprint density at radius 1 is 1.17 bits per heavy atom. The number of hydrogen-bond donors (Lipinski definition) is 2. The summed E-state index contributed by atoms with van der Waals surface area (Å²) in [6, 6.07) is 0.865. The van der Waals surface area contributed by atoms with Gasteiger partial charge in [0.25, 0.3) is 0 Å². The van der Waals surface area contributed by atoms with Gasteiger partial charge in [-0.3, -0.25) is 0 Å². The highest BCUT2D eigenvalue weighted by Gasteiger charge is 1.92. The van der Waals surface area contributed by atoms with Crippen molar-refractivity contribution in [2.24, 2.45) is 0 Å². The maximum absolute atomic E-state index is 5.04. The molecule has 0 saturated carbocycles. The SMILES string of the molecule is CC(C)N/C=C/C(=S)NC(C)C. The van der Waals surface area contributed by atoms with Gasteiger partial charge < -0.3 is 10.6 Å². The normalized spacial score (nSPS) is 11.2. The van der Waals surface area contributed by atoms with Crippen molar-refractivity contribution < 1.29 is 0 Å². The summed E-state index contributed by atoms with van der Waals surface area (Å²) in [6.07, 6.45) is 3.75. The summed E-state index contributed by atoms with van der Waals surface area (Å²) in [5.74, 6) is 0. The summed E-state index contributed by atoms with van der Waals surface area (Å²) in [4.78, 5) is 0.776. The highest BCUT2D eigenvalue weighted by atomic mass is 32.1. The zero-order chi connectivity index (χ0) is 9.56. The second-order valence-electron chi connectivity index (χ2n) is 3.32. The Balaban J connectivity index is 3.61. The van der Waals surface area contributed by atoms with Crippen molar-refractivity contribution in [3.63, 3.8) is 0 Å². The van der Waals surface area contributed by atoms with E-state index in [1.54, 1.807) is 0 Å². The molecule has 2 nitrogen and oxygen atoms in total. The first-order valence-electron chi connectivity index (χ1n) is 4.25. The summed E-state index contributed by atoms with van der Waals surface area (Å²) in [5, 5.41) is 6.26. The summed E-state index contributed by atoms with van der Waals surface area (Å²) >= 11 is 5.04. The Morgan fingerprint density at radius 3 is 2.17 bits per heavy atom. The Labute approximate surface area is 80.4 Å². The lowest BCUT2D eigenvalue weighted by Gasteiger charge is -2.08. The van der Waals surface area contributed by atoms with Crippen molar-refractivity contribution in [3.05, 3.63) is 12.3 Å². The van der Waals surface area contributed by atoms with Crippen molar-refractivity contribution in [1.82, 2.24) is 10.6 Å². The van der Waals surface area contributed by atoms with E-state index in [0.717, 1.165) is 4.99 Å². The summed E-state index contributed by atoms with van der Waals surface area (Å²) in [5.41, 5.74) is 0. The first-order chi connectivity index (χ1) is 5.52. The molecule has 0 unspecified atom stereocenters. The highest BCUT2D eigenvalue weighted by molar-refractivity contribution is 7.80. The fraction of sp³-hybridized carbons (Fsp3) is 0.667. The summed E-state index contributed by atoms with van der Waals surface area (Å²) in [7, 11) is 0. The molecule has 0 aliphatic heterocycles. The molecule has 0 saturated heterocycles. The van der Waals surface area contributed by atoms with Gasteiger partial charge in [-0.15, -0.1) is 0 Å². The molecule has 0 atom stereocenters. The van der Waals surface area contributed by atoms with Gasteiger partial charge in [-0.2, -0.15) is 0 Å². The molecule has 0 aromatic carbocycles. The highest BCUT2D eigenvalue weighted by Crippen LogP contribution is 1.82. The zero-order valence-corrected chi connectivity index (χ0v) is 9.03. The first kappa shape index (κ1) is 11.4. The van der Waals surface area contributed by atoms with Crippen LogP contribution in [0.2, 0.25) is 0 Å². The van der Waals surface area contributed by atoms with Crippen LogP contribution in [0.1, 0.15) is 27.7 Å². The van der Waals surface area contributed by atoms with Gasteiger partial charge in [-0.1, -0.05) is 12.2 Å². The van der Waals surface area contributed by atoms with Gasteiger partial charge in [-0.25, -0.2) is 0 Å². The molecule has 12 heavy (non-hydrogen) atoms. The zero-order valence-electron chi connectivity index (χ0n) is 8.22. The molecule has 0 rings (SSSR count). The predicted molar refractivity (Wildman–Crippen MR) is 58.3 cm³/mol. The van der Waals surface area contributed by atoms with Gasteiger partial charge in [0.2, 0.25) is 0 Å². The molecule has 0 amide bonds. The third-order valence-corrected chi connectivity index (χ3v) is 1.35. The number of nitrogens with one attached hydrogen (secondary N) is 2. The standard InChI is InChI=1S/C9H18N2S/c1-7(2)10-6-5-9(12)11-8(3)4/h5-8,10H,1-4H3,(H,11,12)/b6-5+. The largest absolute Gasteiger partial charge is 0.389 e. The van der Waals surface area contributed by atoms with Crippen molar-refractivity contribution >= 4 is 17.2 Å². The van der Waals surface area contributed by atoms with E-state index < -0.39 is 0 Å². The van der Waals surface area contributed by atoms with Crippen LogP contribution in [0.4, 0.5) is 0 Å². The van der Waals surface area contributed by atoms with Gasteiger partial charge >= 0.3 is 0 Å². The van der Waals surface area contributed by atoms with E-state index in [9.17, 15) is 0 Å². The minimum atomic E-state index is 0.404. The topological polar surface area (TPSA) is 24.1 Å². The van der Waals surface area contributed by atoms with Crippen LogP contribution in [0.5, 0.6) is 0 Å². The van der Waals surface area contributed by atoms with E-state index in [4.69, 9.17) is 12.2 Å². The van der Waals surface area contributed by atoms with Gasteiger partial charge in [-0.05, 0) is 40.0 Å². The van der Waals surface area contributed by atoms with Crippen LogP contribution in [-0.2, 0) is 0 Å². The predicted octanol–water partition coefficient (Wildman–Crippen LogP) is 1.82. The van der Waals surface area contributed by atoms with Gasteiger partial charge in [0.05, 0.1) is 0 Å². The molecule has 0 radical (unpaired) electrons. The smallest absolute Gasteiger partial charge is 0.100 e. The lowest BCUT2D eigenvalue weighted by Crippen LogP contribution is -2.27. The van der Waals surface area contributed by atoms with Crippen molar-refractivity contribution in [3.8, 4) is 0 Å². The van der Waals surface area contributed by atoms with Crippen LogP contribution in [0.3, 0.4) is 0 Å². The fourth-order valence-corrected chi connectivity index (χ4v) is 0.953. The minimum Gasteiger partial charge on any atom is -0.389 e. The molecule has 0 bridgehead atoms. The third-order valence-electron chi connectivity index (χ3n) is 1.10. The molecule has 3 heteroatoms.